The first-order valence-electron chi connectivity index (χ1n) is 7.85. The number of benzene rings is 2. The zero-order valence-corrected chi connectivity index (χ0v) is 14.5. The molecule has 0 saturated heterocycles. The van der Waals surface area contributed by atoms with Crippen LogP contribution in [0.4, 0.5) is 5.69 Å². The number of anilines is 1. The number of carbonyl (C=O) groups excluding carboxylic acids is 2. The summed E-state index contributed by atoms with van der Waals surface area (Å²) >= 11 is 0. The zero-order valence-electron chi connectivity index (χ0n) is 14.5. The summed E-state index contributed by atoms with van der Waals surface area (Å²) in [4.78, 5) is 24.0. The molecule has 0 radical (unpaired) electrons. The molecular formula is C19H21N3O3. The topological polar surface area (TPSA) is 90.8 Å². The number of hydrogen-bond acceptors (Lipinski definition) is 4. The third kappa shape index (κ3) is 5.46. The number of phenols is 1. The maximum Gasteiger partial charge on any atom is 0.271 e. The highest BCUT2D eigenvalue weighted by molar-refractivity contribution is 6.06. The summed E-state index contributed by atoms with van der Waals surface area (Å²) in [6.07, 6.45) is 0.0627. The second kappa shape index (κ2) is 8.10. The Morgan fingerprint density at radius 3 is 2.52 bits per heavy atom. The molecule has 6 heteroatoms. The molecule has 2 aromatic rings. The van der Waals surface area contributed by atoms with E-state index in [0.717, 1.165) is 16.8 Å². The van der Waals surface area contributed by atoms with Crippen LogP contribution in [0, 0.1) is 13.8 Å². The van der Waals surface area contributed by atoms with E-state index in [1.165, 1.54) is 12.1 Å². The number of carbonyl (C=O) groups is 2. The predicted octanol–water partition coefficient (Wildman–Crippen LogP) is 3.14. The second-order valence-corrected chi connectivity index (χ2v) is 5.86. The van der Waals surface area contributed by atoms with E-state index in [1.807, 2.05) is 32.0 Å². The van der Waals surface area contributed by atoms with Crippen molar-refractivity contribution in [1.29, 1.82) is 0 Å². The van der Waals surface area contributed by atoms with Gasteiger partial charge in [0.1, 0.15) is 5.75 Å². The molecule has 0 aliphatic rings. The van der Waals surface area contributed by atoms with Gasteiger partial charge in [-0.2, -0.15) is 5.10 Å². The van der Waals surface area contributed by atoms with Crippen molar-refractivity contribution < 1.29 is 14.7 Å². The van der Waals surface area contributed by atoms with Gasteiger partial charge in [0.25, 0.3) is 5.91 Å². The minimum Gasteiger partial charge on any atom is -0.508 e. The Labute approximate surface area is 146 Å². The van der Waals surface area contributed by atoms with Crippen LogP contribution in [0.1, 0.15) is 34.8 Å². The lowest BCUT2D eigenvalue weighted by atomic mass is 10.1. The number of phenolic OH excluding ortho intramolecular Hbond substituents is 1. The molecular weight excluding hydrogens is 318 g/mol. The Balaban J connectivity index is 1.90. The van der Waals surface area contributed by atoms with Gasteiger partial charge >= 0.3 is 0 Å². The average Bonchev–Trinajstić information content (AvgIpc) is 2.56. The van der Waals surface area contributed by atoms with E-state index >= 15 is 0 Å². The van der Waals surface area contributed by atoms with Crippen molar-refractivity contribution in [2.45, 2.75) is 27.2 Å². The monoisotopic (exact) mass is 339 g/mol. The number of hydrogen-bond donors (Lipinski definition) is 3. The minimum atomic E-state index is -0.454. The number of nitrogens with zero attached hydrogens (tertiary/aromatic N) is 1. The van der Waals surface area contributed by atoms with E-state index in [2.05, 4.69) is 15.8 Å². The lowest BCUT2D eigenvalue weighted by molar-refractivity contribution is -0.115. The lowest BCUT2D eigenvalue weighted by Gasteiger charge is -2.08. The molecule has 130 valence electrons. The molecule has 0 unspecified atom stereocenters. The maximum atomic E-state index is 12.0. The smallest absolute Gasteiger partial charge is 0.271 e. The van der Waals surface area contributed by atoms with Crippen molar-refractivity contribution in [1.82, 2.24) is 5.43 Å². The Morgan fingerprint density at radius 2 is 1.84 bits per heavy atom. The first-order chi connectivity index (χ1) is 11.8. The Morgan fingerprint density at radius 1 is 1.08 bits per heavy atom. The van der Waals surface area contributed by atoms with Gasteiger partial charge in [0.15, 0.2) is 0 Å². The molecule has 0 saturated carbocycles. The van der Waals surface area contributed by atoms with Crippen molar-refractivity contribution in [3.63, 3.8) is 0 Å². The number of aromatic hydroxyl groups is 1. The third-order valence-corrected chi connectivity index (χ3v) is 3.66. The number of nitrogens with one attached hydrogen (secondary N) is 2. The van der Waals surface area contributed by atoms with Gasteiger partial charge in [-0.05, 0) is 62.2 Å². The van der Waals surface area contributed by atoms with Crippen LogP contribution in [-0.4, -0.2) is 22.6 Å². The Bertz CT molecular complexity index is 828. The molecule has 2 aromatic carbocycles. The molecule has 0 spiro atoms. The van der Waals surface area contributed by atoms with Crippen LogP contribution in [0.15, 0.2) is 47.6 Å². The SMILES string of the molecule is C/C(CC(=O)Nc1ccc(C)c(C)c1)=N\NC(=O)c1cccc(O)c1. The molecule has 0 fully saturated rings. The standard InChI is InChI=1S/C19H21N3O3/c1-12-7-8-16(9-13(12)2)20-18(24)10-14(3)21-22-19(25)15-5-4-6-17(23)11-15/h4-9,11,23H,10H2,1-3H3,(H,20,24)(H,22,25)/b21-14+. The van der Waals surface area contributed by atoms with Crippen molar-refractivity contribution >= 4 is 23.2 Å². The quantitative estimate of drug-likeness (QED) is 0.577. The Kier molecular flexibility index (Phi) is 5.89. The molecule has 0 aliphatic carbocycles. The molecule has 0 bridgehead atoms. The van der Waals surface area contributed by atoms with Gasteiger partial charge < -0.3 is 10.4 Å². The van der Waals surface area contributed by atoms with Gasteiger partial charge in [0.2, 0.25) is 5.91 Å². The van der Waals surface area contributed by atoms with Crippen molar-refractivity contribution in [3.8, 4) is 5.75 Å². The normalized spacial score (nSPS) is 11.1. The number of aryl methyl sites for hydroxylation is 2. The number of rotatable bonds is 5. The fraction of sp³-hybridized carbons (Fsp3) is 0.211. The summed E-state index contributed by atoms with van der Waals surface area (Å²) in [5, 5.41) is 16.1. The average molecular weight is 339 g/mol. The van der Waals surface area contributed by atoms with Crippen LogP contribution in [0.25, 0.3) is 0 Å². The summed E-state index contributed by atoms with van der Waals surface area (Å²) in [6, 6.07) is 11.6. The third-order valence-electron chi connectivity index (χ3n) is 3.66. The van der Waals surface area contributed by atoms with Crippen LogP contribution in [0.3, 0.4) is 0 Å². The van der Waals surface area contributed by atoms with Gasteiger partial charge in [0, 0.05) is 17.0 Å². The van der Waals surface area contributed by atoms with Gasteiger partial charge in [-0.25, -0.2) is 5.43 Å². The molecule has 3 N–H and O–H groups in total. The molecule has 25 heavy (non-hydrogen) atoms. The van der Waals surface area contributed by atoms with Crippen molar-refractivity contribution in [2.75, 3.05) is 5.32 Å². The molecule has 2 rings (SSSR count). The molecule has 0 aliphatic heterocycles. The fourth-order valence-corrected chi connectivity index (χ4v) is 2.15. The molecule has 0 heterocycles. The second-order valence-electron chi connectivity index (χ2n) is 5.86. The van der Waals surface area contributed by atoms with Gasteiger partial charge in [-0.1, -0.05) is 12.1 Å². The predicted molar refractivity (Wildman–Crippen MR) is 97.8 cm³/mol. The molecule has 2 amide bonds. The van der Waals surface area contributed by atoms with Crippen molar-refractivity contribution in [2.24, 2.45) is 5.10 Å². The van der Waals surface area contributed by atoms with Crippen LogP contribution in [0.5, 0.6) is 5.75 Å². The highest BCUT2D eigenvalue weighted by Gasteiger charge is 2.08. The van der Waals surface area contributed by atoms with Gasteiger partial charge in [0.05, 0.1) is 6.42 Å². The van der Waals surface area contributed by atoms with Crippen LogP contribution in [0.2, 0.25) is 0 Å². The van der Waals surface area contributed by atoms with E-state index in [-0.39, 0.29) is 23.6 Å². The summed E-state index contributed by atoms with van der Waals surface area (Å²) in [6.45, 7) is 5.64. The highest BCUT2D eigenvalue weighted by Crippen LogP contribution is 2.14. The van der Waals surface area contributed by atoms with E-state index in [9.17, 15) is 14.7 Å². The van der Waals surface area contributed by atoms with Crippen LogP contribution >= 0.6 is 0 Å². The summed E-state index contributed by atoms with van der Waals surface area (Å²) < 4.78 is 0. The largest absolute Gasteiger partial charge is 0.508 e. The molecule has 0 atom stereocenters. The minimum absolute atomic E-state index is 0.00104. The maximum absolute atomic E-state index is 12.0. The van der Waals surface area contributed by atoms with Gasteiger partial charge in [-0.3, -0.25) is 9.59 Å². The first-order valence-corrected chi connectivity index (χ1v) is 7.85. The molecule has 6 nitrogen and oxygen atoms in total. The van der Waals surface area contributed by atoms with Crippen LogP contribution < -0.4 is 10.7 Å². The fourth-order valence-electron chi connectivity index (χ4n) is 2.15. The lowest BCUT2D eigenvalue weighted by Crippen LogP contribution is -2.21. The van der Waals surface area contributed by atoms with E-state index < -0.39 is 5.91 Å². The number of amides is 2. The zero-order chi connectivity index (χ0) is 18.4. The van der Waals surface area contributed by atoms with Crippen LogP contribution in [-0.2, 0) is 4.79 Å². The summed E-state index contributed by atoms with van der Waals surface area (Å²) in [5.74, 6) is -0.665. The van der Waals surface area contributed by atoms with Crippen molar-refractivity contribution in [3.05, 3.63) is 59.2 Å². The Hall–Kier alpha value is -3.15. The van der Waals surface area contributed by atoms with Gasteiger partial charge in [-0.15, -0.1) is 0 Å². The highest BCUT2D eigenvalue weighted by atomic mass is 16.3. The summed E-state index contributed by atoms with van der Waals surface area (Å²) in [5.41, 5.74) is 6.11. The summed E-state index contributed by atoms with van der Waals surface area (Å²) in [7, 11) is 0. The first kappa shape index (κ1) is 18.2. The number of hydrazone groups is 1. The molecule has 0 aromatic heterocycles. The van der Waals surface area contributed by atoms with E-state index in [1.54, 1.807) is 19.1 Å². The van der Waals surface area contributed by atoms with E-state index in [0.29, 0.717) is 5.71 Å². The van der Waals surface area contributed by atoms with E-state index in [4.69, 9.17) is 0 Å².